The Bertz CT molecular complexity index is 393. The first kappa shape index (κ1) is 19.1. The Morgan fingerprint density at radius 3 is 2.36 bits per heavy atom. The topological polar surface area (TPSA) is 58.6 Å². The number of halogens is 1. The summed E-state index contributed by atoms with van der Waals surface area (Å²) in [6.07, 6.45) is 3.39. The monoisotopic (exact) mass is 332 g/mol. The lowest BCUT2D eigenvalue weighted by molar-refractivity contribution is -0.134. The van der Waals surface area contributed by atoms with Gasteiger partial charge < -0.3 is 15.0 Å². The normalized spacial score (nSPS) is 22.3. The Morgan fingerprint density at radius 2 is 1.86 bits per heavy atom. The maximum Gasteiger partial charge on any atom is 0.407 e. The van der Waals surface area contributed by atoms with E-state index in [0.29, 0.717) is 0 Å². The van der Waals surface area contributed by atoms with Crippen molar-refractivity contribution >= 4 is 23.6 Å². The molecule has 0 heterocycles. The minimum absolute atomic E-state index is 0.0208. The van der Waals surface area contributed by atoms with Crippen molar-refractivity contribution in [3.05, 3.63) is 0 Å². The number of amides is 2. The summed E-state index contributed by atoms with van der Waals surface area (Å²) in [5, 5.41) is 2.94. The average Bonchev–Trinajstić information content (AvgIpc) is 2.38. The van der Waals surface area contributed by atoms with E-state index in [0.717, 1.165) is 25.7 Å². The van der Waals surface area contributed by atoms with Crippen LogP contribution in [0.2, 0.25) is 0 Å². The predicted molar refractivity (Wildman–Crippen MR) is 88.1 cm³/mol. The van der Waals surface area contributed by atoms with E-state index in [2.05, 4.69) is 5.32 Å². The molecule has 1 aliphatic rings. The van der Waals surface area contributed by atoms with Crippen molar-refractivity contribution in [1.29, 1.82) is 0 Å². The van der Waals surface area contributed by atoms with E-state index in [4.69, 9.17) is 16.3 Å². The van der Waals surface area contributed by atoms with Crippen molar-refractivity contribution in [2.45, 2.75) is 84.0 Å². The molecule has 0 unspecified atom stereocenters. The van der Waals surface area contributed by atoms with E-state index >= 15 is 0 Å². The number of rotatable bonds is 4. The third-order valence-electron chi connectivity index (χ3n) is 3.75. The van der Waals surface area contributed by atoms with Gasteiger partial charge in [-0.3, -0.25) is 4.79 Å². The highest BCUT2D eigenvalue weighted by Crippen LogP contribution is 2.25. The van der Waals surface area contributed by atoms with Crippen LogP contribution in [0.25, 0.3) is 0 Å². The Morgan fingerprint density at radius 1 is 1.27 bits per heavy atom. The molecule has 0 aliphatic heterocycles. The summed E-state index contributed by atoms with van der Waals surface area (Å²) in [6.45, 7) is 9.46. The summed E-state index contributed by atoms with van der Waals surface area (Å²) in [5.41, 5.74) is -0.530. The molecule has 2 amide bonds. The molecular formula is C16H29ClN2O3. The van der Waals surface area contributed by atoms with Crippen LogP contribution in [0.5, 0.6) is 0 Å². The number of carbonyl (C=O) groups excluding carboxylic acids is 2. The quantitative estimate of drug-likeness (QED) is 0.803. The second-order valence-corrected chi connectivity index (χ2v) is 7.40. The third kappa shape index (κ3) is 5.67. The SMILES string of the molecule is CC(C)N(C(=O)CCl)[C@@H]1CCCC[C@@H]1NC(=O)OC(C)(C)C. The van der Waals surface area contributed by atoms with Crippen LogP contribution in [0.3, 0.4) is 0 Å². The largest absolute Gasteiger partial charge is 0.444 e. The fourth-order valence-corrected chi connectivity index (χ4v) is 3.13. The zero-order valence-corrected chi connectivity index (χ0v) is 15.1. The van der Waals surface area contributed by atoms with Gasteiger partial charge in [-0.15, -0.1) is 11.6 Å². The van der Waals surface area contributed by atoms with Crippen molar-refractivity contribution in [3.8, 4) is 0 Å². The first-order valence-electron chi connectivity index (χ1n) is 8.02. The molecule has 5 nitrogen and oxygen atoms in total. The van der Waals surface area contributed by atoms with E-state index in [1.807, 2.05) is 39.5 Å². The molecule has 0 bridgehead atoms. The molecule has 0 radical (unpaired) electrons. The zero-order chi connectivity index (χ0) is 16.9. The Labute approximate surface area is 138 Å². The van der Waals surface area contributed by atoms with Gasteiger partial charge in [0.1, 0.15) is 11.5 Å². The zero-order valence-electron chi connectivity index (χ0n) is 14.3. The number of nitrogens with zero attached hydrogens (tertiary/aromatic N) is 1. The maximum atomic E-state index is 12.2. The second-order valence-electron chi connectivity index (χ2n) is 7.13. The maximum absolute atomic E-state index is 12.2. The molecule has 1 saturated carbocycles. The first-order chi connectivity index (χ1) is 10.2. The van der Waals surface area contributed by atoms with Crippen LogP contribution in [0, 0.1) is 0 Å². The minimum Gasteiger partial charge on any atom is -0.444 e. The summed E-state index contributed by atoms with van der Waals surface area (Å²) < 4.78 is 5.34. The molecule has 22 heavy (non-hydrogen) atoms. The van der Waals surface area contributed by atoms with Crippen molar-refractivity contribution in [1.82, 2.24) is 10.2 Å². The molecule has 128 valence electrons. The van der Waals surface area contributed by atoms with Crippen molar-refractivity contribution in [2.75, 3.05) is 5.88 Å². The van der Waals surface area contributed by atoms with Gasteiger partial charge in [-0.05, 0) is 47.5 Å². The standard InChI is InChI=1S/C16H29ClN2O3/c1-11(2)19(14(20)10-17)13-9-7-6-8-12(13)18-15(21)22-16(3,4)5/h11-13H,6-10H2,1-5H3,(H,18,21)/t12-,13+/m0/s1. The molecule has 1 rings (SSSR count). The fourth-order valence-electron chi connectivity index (χ4n) is 3.00. The summed E-state index contributed by atoms with van der Waals surface area (Å²) in [7, 11) is 0. The summed E-state index contributed by atoms with van der Waals surface area (Å²) in [4.78, 5) is 26.0. The van der Waals surface area contributed by atoms with E-state index in [1.165, 1.54) is 0 Å². The molecule has 2 atom stereocenters. The molecule has 6 heteroatoms. The van der Waals surface area contributed by atoms with E-state index in [-0.39, 0.29) is 29.9 Å². The van der Waals surface area contributed by atoms with Crippen LogP contribution in [-0.4, -0.2) is 46.5 Å². The van der Waals surface area contributed by atoms with Crippen LogP contribution >= 0.6 is 11.6 Å². The number of ether oxygens (including phenoxy) is 1. The van der Waals surface area contributed by atoms with E-state index in [1.54, 1.807) is 0 Å². The van der Waals surface area contributed by atoms with Gasteiger partial charge >= 0.3 is 6.09 Å². The van der Waals surface area contributed by atoms with E-state index < -0.39 is 11.7 Å². The lowest BCUT2D eigenvalue weighted by Crippen LogP contribution is -2.57. The highest BCUT2D eigenvalue weighted by molar-refractivity contribution is 6.27. The molecular weight excluding hydrogens is 304 g/mol. The van der Waals surface area contributed by atoms with Gasteiger partial charge in [0.15, 0.2) is 0 Å². The molecule has 1 N–H and O–H groups in total. The number of alkyl halides is 1. The Kier molecular flexibility index (Phi) is 6.98. The second kappa shape index (κ2) is 8.04. The van der Waals surface area contributed by atoms with Crippen LogP contribution in [-0.2, 0) is 9.53 Å². The van der Waals surface area contributed by atoms with E-state index in [9.17, 15) is 9.59 Å². The Hall–Kier alpha value is -0.970. The lowest BCUT2D eigenvalue weighted by atomic mass is 9.88. The van der Waals surface area contributed by atoms with Gasteiger partial charge in [-0.1, -0.05) is 12.8 Å². The number of hydrogen-bond acceptors (Lipinski definition) is 3. The molecule has 0 aromatic heterocycles. The highest BCUT2D eigenvalue weighted by atomic mass is 35.5. The molecule has 0 saturated heterocycles. The van der Waals surface area contributed by atoms with Gasteiger partial charge in [0, 0.05) is 6.04 Å². The van der Waals surface area contributed by atoms with Gasteiger partial charge in [0.2, 0.25) is 5.91 Å². The highest BCUT2D eigenvalue weighted by Gasteiger charge is 2.35. The van der Waals surface area contributed by atoms with Gasteiger partial charge in [0.25, 0.3) is 0 Å². The molecule has 0 aromatic rings. The summed E-state index contributed by atoms with van der Waals surface area (Å²) in [5.74, 6) is -0.118. The molecule has 0 aromatic carbocycles. The van der Waals surface area contributed by atoms with Gasteiger partial charge in [-0.25, -0.2) is 4.79 Å². The fraction of sp³-hybridized carbons (Fsp3) is 0.875. The third-order valence-corrected chi connectivity index (χ3v) is 3.98. The molecule has 0 spiro atoms. The van der Waals surface area contributed by atoms with Crippen molar-refractivity contribution < 1.29 is 14.3 Å². The summed E-state index contributed by atoms with van der Waals surface area (Å²) in [6, 6.07) is -0.0528. The van der Waals surface area contributed by atoms with Crippen LogP contribution in [0.1, 0.15) is 60.3 Å². The van der Waals surface area contributed by atoms with Crippen LogP contribution in [0.15, 0.2) is 0 Å². The van der Waals surface area contributed by atoms with Crippen LogP contribution in [0.4, 0.5) is 4.79 Å². The number of nitrogens with one attached hydrogen (secondary N) is 1. The predicted octanol–water partition coefficient (Wildman–Crippen LogP) is 3.30. The van der Waals surface area contributed by atoms with Gasteiger partial charge in [-0.2, -0.15) is 0 Å². The number of hydrogen-bond donors (Lipinski definition) is 1. The van der Waals surface area contributed by atoms with Gasteiger partial charge in [0.05, 0.1) is 12.1 Å². The smallest absolute Gasteiger partial charge is 0.407 e. The van der Waals surface area contributed by atoms with Crippen molar-refractivity contribution in [2.24, 2.45) is 0 Å². The molecule has 1 fully saturated rings. The minimum atomic E-state index is -0.530. The molecule has 1 aliphatic carbocycles. The Balaban J connectivity index is 2.81. The van der Waals surface area contributed by atoms with Crippen LogP contribution < -0.4 is 5.32 Å². The first-order valence-corrected chi connectivity index (χ1v) is 8.56. The average molecular weight is 333 g/mol. The number of carbonyl (C=O) groups is 2. The lowest BCUT2D eigenvalue weighted by Gasteiger charge is -2.42. The number of alkyl carbamates (subject to hydrolysis) is 1. The summed E-state index contributed by atoms with van der Waals surface area (Å²) >= 11 is 5.75. The van der Waals surface area contributed by atoms with Crippen molar-refractivity contribution in [3.63, 3.8) is 0 Å².